The van der Waals surface area contributed by atoms with Gasteiger partial charge in [0, 0.05) is 13.1 Å². The van der Waals surface area contributed by atoms with E-state index in [0.717, 1.165) is 19.5 Å². The highest BCUT2D eigenvalue weighted by Crippen LogP contribution is 2.37. The lowest BCUT2D eigenvalue weighted by Crippen LogP contribution is -2.45. The number of carboxylic acid groups (broad SMARTS) is 1. The number of benzene rings is 1. The van der Waals surface area contributed by atoms with Crippen molar-refractivity contribution in [3.63, 3.8) is 0 Å². The van der Waals surface area contributed by atoms with Gasteiger partial charge in [-0.25, -0.2) is 4.79 Å². The number of carboxylic acids is 1. The molecule has 2 aromatic rings. The van der Waals surface area contributed by atoms with Crippen LogP contribution < -0.4 is 0 Å². The fourth-order valence-electron chi connectivity index (χ4n) is 3.12. The minimum Gasteiger partial charge on any atom is -0.478 e. The number of nitrogens with zero attached hydrogens (tertiary/aromatic N) is 1. The molecular formula is C17H19NO3S. The van der Waals surface area contributed by atoms with E-state index in [-0.39, 0.29) is 5.56 Å². The van der Waals surface area contributed by atoms with Crippen LogP contribution >= 0.6 is 11.3 Å². The van der Waals surface area contributed by atoms with Crippen LogP contribution in [0.2, 0.25) is 0 Å². The molecule has 116 valence electrons. The largest absolute Gasteiger partial charge is 0.478 e. The van der Waals surface area contributed by atoms with Crippen molar-refractivity contribution in [1.29, 1.82) is 0 Å². The minimum atomic E-state index is -1.06. The second kappa shape index (κ2) is 6.20. The zero-order valence-electron chi connectivity index (χ0n) is 12.2. The first-order valence-electron chi connectivity index (χ1n) is 7.38. The summed E-state index contributed by atoms with van der Waals surface area (Å²) in [6.45, 7) is 2.17. The highest BCUT2D eigenvalue weighted by molar-refractivity contribution is 7.10. The molecule has 0 radical (unpaired) electrons. The molecule has 1 aromatic heterocycles. The van der Waals surface area contributed by atoms with Crippen molar-refractivity contribution in [3.05, 3.63) is 57.8 Å². The summed E-state index contributed by atoms with van der Waals surface area (Å²) in [5.41, 5.74) is 0.375. The number of thiophene rings is 1. The van der Waals surface area contributed by atoms with E-state index in [0.29, 0.717) is 17.8 Å². The van der Waals surface area contributed by atoms with Gasteiger partial charge in [0.25, 0.3) is 0 Å². The van der Waals surface area contributed by atoms with Crippen molar-refractivity contribution >= 4 is 17.3 Å². The number of piperidine rings is 1. The van der Waals surface area contributed by atoms with E-state index in [1.165, 1.54) is 16.9 Å². The van der Waals surface area contributed by atoms with Crippen LogP contribution in [0.1, 0.15) is 33.6 Å². The van der Waals surface area contributed by atoms with Crippen LogP contribution in [0.3, 0.4) is 0 Å². The van der Waals surface area contributed by atoms with Gasteiger partial charge in [-0.05, 0) is 36.4 Å². The van der Waals surface area contributed by atoms with Gasteiger partial charge in [0.2, 0.25) is 0 Å². The first-order chi connectivity index (χ1) is 10.6. The van der Waals surface area contributed by atoms with Gasteiger partial charge in [0.05, 0.1) is 10.4 Å². The lowest BCUT2D eigenvalue weighted by molar-refractivity contribution is -0.0360. The molecule has 1 aromatic carbocycles. The van der Waals surface area contributed by atoms with E-state index >= 15 is 0 Å². The fraction of sp³-hybridized carbons (Fsp3) is 0.353. The molecule has 5 heteroatoms. The Morgan fingerprint density at radius 1 is 1.27 bits per heavy atom. The Morgan fingerprint density at radius 3 is 2.77 bits per heavy atom. The lowest BCUT2D eigenvalue weighted by Gasteiger charge is -2.39. The average Bonchev–Trinajstić information content (AvgIpc) is 2.99. The summed E-state index contributed by atoms with van der Waals surface area (Å²) >= 11 is 1.33. The maximum atomic E-state index is 11.3. The Hall–Kier alpha value is -1.69. The Labute approximate surface area is 133 Å². The molecule has 2 heterocycles. The van der Waals surface area contributed by atoms with Crippen LogP contribution in [0.5, 0.6) is 0 Å². The second-order valence-corrected chi connectivity index (χ2v) is 6.72. The summed E-state index contributed by atoms with van der Waals surface area (Å²) in [5.74, 6) is -0.968. The highest BCUT2D eigenvalue weighted by atomic mass is 32.1. The van der Waals surface area contributed by atoms with E-state index in [2.05, 4.69) is 17.0 Å². The number of likely N-dealkylation sites (tertiary alicyclic amines) is 1. The number of rotatable bonds is 4. The quantitative estimate of drug-likeness (QED) is 0.910. The number of β-amino-alcohol motifs (C(OH)–C–C–N with tert-alkyl or cyclic N) is 1. The van der Waals surface area contributed by atoms with E-state index in [4.69, 9.17) is 0 Å². The summed E-state index contributed by atoms with van der Waals surface area (Å²) in [7, 11) is 0. The highest BCUT2D eigenvalue weighted by Gasteiger charge is 2.38. The van der Waals surface area contributed by atoms with Gasteiger partial charge in [0.1, 0.15) is 5.60 Å². The van der Waals surface area contributed by atoms with Gasteiger partial charge in [0.15, 0.2) is 0 Å². The molecule has 4 nitrogen and oxygen atoms in total. The molecule has 1 unspecified atom stereocenters. The van der Waals surface area contributed by atoms with Crippen LogP contribution in [-0.2, 0) is 12.1 Å². The monoisotopic (exact) mass is 317 g/mol. The summed E-state index contributed by atoms with van der Waals surface area (Å²) in [6, 6.07) is 11.7. The van der Waals surface area contributed by atoms with Crippen LogP contribution in [0, 0.1) is 0 Å². The smallest absolute Gasteiger partial charge is 0.336 e. The number of hydrogen-bond acceptors (Lipinski definition) is 4. The van der Waals surface area contributed by atoms with Crippen LogP contribution in [0.25, 0.3) is 0 Å². The molecule has 3 rings (SSSR count). The standard InChI is InChI=1S/C17H19NO3S/c19-16(20)14-7-10-22-15(14)17(21)8-4-9-18(12-17)11-13-5-2-1-3-6-13/h1-3,5-7,10,21H,4,8-9,11-12H2,(H,19,20). The fourth-order valence-corrected chi connectivity index (χ4v) is 4.13. The van der Waals surface area contributed by atoms with E-state index in [9.17, 15) is 15.0 Å². The average molecular weight is 317 g/mol. The third-order valence-electron chi connectivity index (χ3n) is 4.12. The van der Waals surface area contributed by atoms with Crippen molar-refractivity contribution in [2.45, 2.75) is 25.0 Å². The van der Waals surface area contributed by atoms with Crippen molar-refractivity contribution in [2.24, 2.45) is 0 Å². The summed E-state index contributed by atoms with van der Waals surface area (Å²) in [5, 5.41) is 22.0. The molecule has 1 aliphatic heterocycles. The SMILES string of the molecule is O=C(O)c1ccsc1C1(O)CCCN(Cc2ccccc2)C1. The molecule has 0 saturated carbocycles. The van der Waals surface area contributed by atoms with E-state index in [1.807, 2.05) is 18.2 Å². The van der Waals surface area contributed by atoms with Crippen LogP contribution in [0.15, 0.2) is 41.8 Å². The third-order valence-corrected chi connectivity index (χ3v) is 5.22. The predicted molar refractivity (Wildman–Crippen MR) is 86.1 cm³/mol. The number of hydrogen-bond donors (Lipinski definition) is 2. The van der Waals surface area contributed by atoms with Gasteiger partial charge < -0.3 is 10.2 Å². The van der Waals surface area contributed by atoms with Gasteiger partial charge in [-0.15, -0.1) is 11.3 Å². The van der Waals surface area contributed by atoms with Gasteiger partial charge in [-0.1, -0.05) is 30.3 Å². The first kappa shape index (κ1) is 15.2. The maximum absolute atomic E-state index is 11.3. The zero-order valence-corrected chi connectivity index (χ0v) is 13.1. The molecule has 0 bridgehead atoms. The Morgan fingerprint density at radius 2 is 2.05 bits per heavy atom. The van der Waals surface area contributed by atoms with Crippen molar-refractivity contribution in [1.82, 2.24) is 4.90 Å². The Balaban J connectivity index is 1.79. The van der Waals surface area contributed by atoms with Crippen molar-refractivity contribution in [2.75, 3.05) is 13.1 Å². The molecule has 1 saturated heterocycles. The normalized spacial score (nSPS) is 22.6. The first-order valence-corrected chi connectivity index (χ1v) is 8.26. The number of aliphatic hydroxyl groups is 1. The van der Waals surface area contributed by atoms with Crippen LogP contribution in [0.4, 0.5) is 0 Å². The molecule has 2 N–H and O–H groups in total. The molecule has 0 amide bonds. The Kier molecular flexibility index (Phi) is 4.29. The van der Waals surface area contributed by atoms with Crippen LogP contribution in [-0.4, -0.2) is 34.2 Å². The molecule has 1 atom stereocenters. The predicted octanol–water partition coefficient (Wildman–Crippen LogP) is 2.93. The van der Waals surface area contributed by atoms with Gasteiger partial charge in [-0.3, -0.25) is 4.90 Å². The molecule has 1 aliphatic rings. The molecular weight excluding hydrogens is 298 g/mol. The van der Waals surface area contributed by atoms with Crippen molar-refractivity contribution < 1.29 is 15.0 Å². The molecule has 0 spiro atoms. The number of aromatic carboxylic acids is 1. The minimum absolute atomic E-state index is 0.231. The lowest BCUT2D eigenvalue weighted by atomic mass is 9.89. The van der Waals surface area contributed by atoms with E-state index < -0.39 is 11.6 Å². The summed E-state index contributed by atoms with van der Waals surface area (Å²) in [6.07, 6.45) is 1.47. The second-order valence-electron chi connectivity index (χ2n) is 5.80. The van der Waals surface area contributed by atoms with Gasteiger partial charge in [-0.2, -0.15) is 0 Å². The third kappa shape index (κ3) is 3.06. The topological polar surface area (TPSA) is 60.8 Å². The Bertz CT molecular complexity index is 655. The molecule has 0 aliphatic carbocycles. The summed E-state index contributed by atoms with van der Waals surface area (Å²) < 4.78 is 0. The van der Waals surface area contributed by atoms with Crippen molar-refractivity contribution in [3.8, 4) is 0 Å². The molecule has 1 fully saturated rings. The maximum Gasteiger partial charge on any atom is 0.336 e. The zero-order chi connectivity index (χ0) is 15.6. The summed E-state index contributed by atoms with van der Waals surface area (Å²) in [4.78, 5) is 14.1. The molecule has 22 heavy (non-hydrogen) atoms. The van der Waals surface area contributed by atoms with Gasteiger partial charge >= 0.3 is 5.97 Å². The number of carbonyl (C=O) groups is 1. The van der Waals surface area contributed by atoms with E-state index in [1.54, 1.807) is 11.4 Å².